The van der Waals surface area contributed by atoms with Crippen LogP contribution in [-0.4, -0.2) is 60.6 Å². The Bertz CT molecular complexity index is 891. The third kappa shape index (κ3) is 8.59. The molecule has 0 aliphatic carbocycles. The van der Waals surface area contributed by atoms with Crippen LogP contribution < -0.4 is 10.6 Å². The highest BCUT2D eigenvalue weighted by atomic mass is 16.6. The van der Waals surface area contributed by atoms with Gasteiger partial charge in [-0.25, -0.2) is 4.79 Å². The summed E-state index contributed by atoms with van der Waals surface area (Å²) in [7, 11) is 1.22. The molecule has 1 aromatic rings. The van der Waals surface area contributed by atoms with E-state index in [1.807, 2.05) is 26.0 Å². The van der Waals surface area contributed by atoms with Gasteiger partial charge in [-0.1, -0.05) is 29.8 Å². The Morgan fingerprint density at radius 3 is 2.33 bits per heavy atom. The van der Waals surface area contributed by atoms with Crippen LogP contribution in [0.4, 0.5) is 4.79 Å². The molecule has 0 saturated heterocycles. The topological polar surface area (TPSA) is 114 Å². The molecule has 2 atom stereocenters. The van der Waals surface area contributed by atoms with Crippen molar-refractivity contribution < 1.29 is 28.7 Å². The molecule has 33 heavy (non-hydrogen) atoms. The highest BCUT2D eigenvalue weighted by Gasteiger charge is 2.35. The second-order valence-corrected chi connectivity index (χ2v) is 8.70. The molecule has 0 aromatic heterocycles. The molecule has 0 bridgehead atoms. The van der Waals surface area contributed by atoms with E-state index in [1.54, 1.807) is 26.8 Å². The van der Waals surface area contributed by atoms with Crippen molar-refractivity contribution in [2.45, 2.75) is 59.2 Å². The van der Waals surface area contributed by atoms with E-state index in [9.17, 15) is 19.2 Å². The molecule has 1 aromatic carbocycles. The van der Waals surface area contributed by atoms with Crippen molar-refractivity contribution in [3.8, 4) is 0 Å². The van der Waals surface area contributed by atoms with Crippen molar-refractivity contribution in [1.29, 1.82) is 0 Å². The number of rotatable bonds is 9. The number of benzene rings is 1. The van der Waals surface area contributed by atoms with Crippen LogP contribution in [0, 0.1) is 13.8 Å². The average Bonchev–Trinajstić information content (AvgIpc) is 2.70. The quantitative estimate of drug-likeness (QED) is 0.432. The van der Waals surface area contributed by atoms with Gasteiger partial charge < -0.3 is 25.0 Å². The Hall–Kier alpha value is -3.36. The minimum absolute atomic E-state index is 0.0306. The number of methoxy groups -OCH3 is 1. The SMILES string of the molecule is C=CCN(C(=O)C(C)NC(=O)OC(C)(C)C)C(C(=O)NCC(=O)OC)c1ccc(C)cc1C. The summed E-state index contributed by atoms with van der Waals surface area (Å²) in [5, 5.41) is 5.04. The molecule has 2 N–H and O–H groups in total. The lowest BCUT2D eigenvalue weighted by Gasteiger charge is -2.33. The first-order chi connectivity index (χ1) is 15.3. The highest BCUT2D eigenvalue weighted by Crippen LogP contribution is 2.26. The second kappa shape index (κ2) is 12.0. The maximum atomic E-state index is 13.4. The largest absolute Gasteiger partial charge is 0.468 e. The lowest BCUT2D eigenvalue weighted by Crippen LogP contribution is -2.52. The number of carbonyl (C=O) groups excluding carboxylic acids is 4. The molecule has 0 spiro atoms. The number of aryl methyl sites for hydroxylation is 2. The summed E-state index contributed by atoms with van der Waals surface area (Å²) in [5.74, 6) is -1.70. The number of esters is 1. The molecular weight excluding hydrogens is 426 g/mol. The van der Waals surface area contributed by atoms with E-state index in [4.69, 9.17) is 4.74 Å². The molecule has 182 valence electrons. The first-order valence-corrected chi connectivity index (χ1v) is 10.6. The monoisotopic (exact) mass is 461 g/mol. The number of ether oxygens (including phenoxy) is 2. The molecule has 0 heterocycles. The van der Waals surface area contributed by atoms with Crippen LogP contribution in [-0.2, 0) is 23.9 Å². The fraction of sp³-hybridized carbons (Fsp3) is 0.500. The van der Waals surface area contributed by atoms with E-state index >= 15 is 0 Å². The van der Waals surface area contributed by atoms with Crippen LogP contribution in [0.1, 0.15) is 50.4 Å². The zero-order valence-corrected chi connectivity index (χ0v) is 20.5. The van der Waals surface area contributed by atoms with E-state index in [0.717, 1.165) is 11.1 Å². The normalized spacial score (nSPS) is 12.7. The molecule has 0 fully saturated rings. The first kappa shape index (κ1) is 27.7. The fourth-order valence-electron chi connectivity index (χ4n) is 3.17. The van der Waals surface area contributed by atoms with Crippen molar-refractivity contribution in [3.63, 3.8) is 0 Å². The summed E-state index contributed by atoms with van der Waals surface area (Å²) >= 11 is 0. The maximum Gasteiger partial charge on any atom is 0.408 e. The Morgan fingerprint density at radius 2 is 1.82 bits per heavy atom. The first-order valence-electron chi connectivity index (χ1n) is 10.6. The van der Waals surface area contributed by atoms with Crippen molar-refractivity contribution in [2.75, 3.05) is 20.2 Å². The summed E-state index contributed by atoms with van der Waals surface area (Å²) in [6.07, 6.45) is 0.738. The molecule has 2 unspecified atom stereocenters. The van der Waals surface area contributed by atoms with Crippen molar-refractivity contribution in [1.82, 2.24) is 15.5 Å². The summed E-state index contributed by atoms with van der Waals surface area (Å²) in [6, 6.07) is 3.45. The summed E-state index contributed by atoms with van der Waals surface area (Å²) in [4.78, 5) is 51.6. The zero-order valence-electron chi connectivity index (χ0n) is 20.5. The highest BCUT2D eigenvalue weighted by molar-refractivity contribution is 5.93. The molecule has 1 rings (SSSR count). The van der Waals surface area contributed by atoms with Gasteiger partial charge in [-0.15, -0.1) is 6.58 Å². The minimum Gasteiger partial charge on any atom is -0.468 e. The van der Waals surface area contributed by atoms with Crippen LogP contribution in [0.3, 0.4) is 0 Å². The number of hydrogen-bond acceptors (Lipinski definition) is 6. The molecule has 9 nitrogen and oxygen atoms in total. The third-order valence-corrected chi connectivity index (χ3v) is 4.63. The molecular formula is C24H35N3O6. The number of nitrogens with zero attached hydrogens (tertiary/aromatic N) is 1. The van der Waals surface area contributed by atoms with Crippen LogP contribution in [0.2, 0.25) is 0 Å². The fourth-order valence-corrected chi connectivity index (χ4v) is 3.17. The number of alkyl carbamates (subject to hydrolysis) is 1. The van der Waals surface area contributed by atoms with Gasteiger partial charge in [0.15, 0.2) is 0 Å². The van der Waals surface area contributed by atoms with Crippen LogP contribution in [0.15, 0.2) is 30.9 Å². The van der Waals surface area contributed by atoms with Gasteiger partial charge in [0.25, 0.3) is 0 Å². The van der Waals surface area contributed by atoms with Gasteiger partial charge in [0, 0.05) is 6.54 Å². The second-order valence-electron chi connectivity index (χ2n) is 8.70. The van der Waals surface area contributed by atoms with Crippen molar-refractivity contribution in [3.05, 3.63) is 47.5 Å². The Balaban J connectivity index is 3.31. The molecule has 0 aliphatic rings. The van der Waals surface area contributed by atoms with Crippen LogP contribution in [0.25, 0.3) is 0 Å². The molecule has 0 radical (unpaired) electrons. The standard InChI is InChI=1S/C24H35N3O6/c1-9-12-27(22(30)17(4)26-23(31)33-24(5,6)7)20(21(29)25-14-19(28)32-8)18-11-10-15(2)13-16(18)3/h9-11,13,17,20H,1,12,14H2,2-8H3,(H,25,29)(H,26,31). The Morgan fingerprint density at radius 1 is 1.18 bits per heavy atom. The summed E-state index contributed by atoms with van der Waals surface area (Å²) < 4.78 is 9.82. The number of amides is 3. The van der Waals surface area contributed by atoms with E-state index in [1.165, 1.54) is 25.0 Å². The molecule has 9 heteroatoms. The number of nitrogens with one attached hydrogen (secondary N) is 2. The van der Waals surface area contributed by atoms with Gasteiger partial charge in [-0.05, 0) is 52.7 Å². The van der Waals surface area contributed by atoms with Crippen LogP contribution >= 0.6 is 0 Å². The van der Waals surface area contributed by atoms with E-state index in [0.29, 0.717) is 5.56 Å². The minimum atomic E-state index is -1.07. The van der Waals surface area contributed by atoms with Crippen LogP contribution in [0.5, 0.6) is 0 Å². The number of hydrogen-bond donors (Lipinski definition) is 2. The smallest absolute Gasteiger partial charge is 0.408 e. The Labute approximate surface area is 195 Å². The van der Waals surface area contributed by atoms with Gasteiger partial charge in [-0.3, -0.25) is 14.4 Å². The van der Waals surface area contributed by atoms with Gasteiger partial charge in [0.05, 0.1) is 7.11 Å². The summed E-state index contributed by atoms with van der Waals surface area (Å²) in [6.45, 7) is 13.8. The Kier molecular flexibility index (Phi) is 10.1. The van der Waals surface area contributed by atoms with Crippen molar-refractivity contribution in [2.24, 2.45) is 0 Å². The van der Waals surface area contributed by atoms with Gasteiger partial charge in [0.2, 0.25) is 11.8 Å². The van der Waals surface area contributed by atoms with Gasteiger partial charge in [0.1, 0.15) is 24.2 Å². The predicted octanol–water partition coefficient (Wildman–Crippen LogP) is 2.56. The van der Waals surface area contributed by atoms with E-state index in [-0.39, 0.29) is 13.1 Å². The lowest BCUT2D eigenvalue weighted by atomic mass is 9.96. The maximum absolute atomic E-state index is 13.4. The summed E-state index contributed by atoms with van der Waals surface area (Å²) in [5.41, 5.74) is 1.64. The van der Waals surface area contributed by atoms with Gasteiger partial charge in [-0.2, -0.15) is 0 Å². The molecule has 0 saturated carbocycles. The third-order valence-electron chi connectivity index (χ3n) is 4.63. The molecule has 0 aliphatic heterocycles. The lowest BCUT2D eigenvalue weighted by molar-refractivity contribution is -0.144. The zero-order chi connectivity index (χ0) is 25.3. The van der Waals surface area contributed by atoms with E-state index in [2.05, 4.69) is 21.9 Å². The number of carbonyl (C=O) groups is 4. The van der Waals surface area contributed by atoms with Gasteiger partial charge >= 0.3 is 12.1 Å². The average molecular weight is 462 g/mol. The van der Waals surface area contributed by atoms with E-state index < -0.39 is 41.6 Å². The van der Waals surface area contributed by atoms with Crippen molar-refractivity contribution >= 4 is 23.9 Å². The molecule has 3 amide bonds. The predicted molar refractivity (Wildman–Crippen MR) is 124 cm³/mol.